The third-order valence-electron chi connectivity index (χ3n) is 4.48. The summed E-state index contributed by atoms with van der Waals surface area (Å²) in [5, 5.41) is 16.5. The zero-order valence-corrected chi connectivity index (χ0v) is 13.0. The van der Waals surface area contributed by atoms with Crippen LogP contribution >= 0.6 is 11.3 Å². The first-order valence-corrected chi connectivity index (χ1v) is 8.01. The minimum absolute atomic E-state index is 0.0465. The van der Waals surface area contributed by atoms with Crippen molar-refractivity contribution in [3.8, 4) is 0 Å². The summed E-state index contributed by atoms with van der Waals surface area (Å²) in [6, 6.07) is 0.282. The van der Waals surface area contributed by atoms with Gasteiger partial charge in [0.15, 0.2) is 0 Å². The maximum Gasteiger partial charge on any atom is 0.139 e. The smallest absolute Gasteiger partial charge is 0.139 e. The van der Waals surface area contributed by atoms with E-state index in [0.717, 1.165) is 41.1 Å². The molecule has 5 heteroatoms. The number of hydrogen-bond donors (Lipinski definition) is 2. The van der Waals surface area contributed by atoms with Crippen molar-refractivity contribution in [2.75, 3.05) is 11.9 Å². The Balaban J connectivity index is 2.00. The van der Waals surface area contributed by atoms with Gasteiger partial charge in [0, 0.05) is 11.5 Å². The Morgan fingerprint density at radius 3 is 3.00 bits per heavy atom. The van der Waals surface area contributed by atoms with Gasteiger partial charge in [0.25, 0.3) is 0 Å². The van der Waals surface area contributed by atoms with Crippen LogP contribution in [0.1, 0.15) is 37.6 Å². The zero-order chi connectivity index (χ0) is 14.3. The molecule has 20 heavy (non-hydrogen) atoms. The molecule has 1 saturated carbocycles. The van der Waals surface area contributed by atoms with Crippen molar-refractivity contribution in [1.82, 2.24) is 9.97 Å². The average molecular weight is 291 g/mol. The maximum atomic E-state index is 9.69. The first-order chi connectivity index (χ1) is 9.53. The lowest BCUT2D eigenvalue weighted by Gasteiger charge is -2.30. The van der Waals surface area contributed by atoms with E-state index in [-0.39, 0.29) is 18.1 Å². The number of aryl methyl sites for hydroxylation is 2. The van der Waals surface area contributed by atoms with Gasteiger partial charge in [-0.1, -0.05) is 13.3 Å². The average Bonchev–Trinajstić information content (AvgIpc) is 2.95. The van der Waals surface area contributed by atoms with Crippen molar-refractivity contribution in [3.05, 3.63) is 16.8 Å². The Hall–Kier alpha value is -1.20. The van der Waals surface area contributed by atoms with Gasteiger partial charge in [-0.2, -0.15) is 0 Å². The van der Waals surface area contributed by atoms with E-state index in [1.165, 1.54) is 5.56 Å². The van der Waals surface area contributed by atoms with E-state index in [1.807, 2.05) is 6.92 Å². The number of fused-ring (bicyclic) bond motifs is 1. The fourth-order valence-electron chi connectivity index (χ4n) is 3.13. The predicted molar refractivity (Wildman–Crippen MR) is 83.3 cm³/mol. The van der Waals surface area contributed by atoms with Crippen molar-refractivity contribution in [2.45, 2.75) is 46.1 Å². The largest absolute Gasteiger partial charge is 0.396 e. The van der Waals surface area contributed by atoms with E-state index in [0.29, 0.717) is 0 Å². The molecule has 3 rings (SSSR count). The third-order valence-corrected chi connectivity index (χ3v) is 5.47. The minimum Gasteiger partial charge on any atom is -0.396 e. The molecule has 2 aromatic rings. The topological polar surface area (TPSA) is 58.0 Å². The molecule has 2 aromatic heterocycles. The fourth-order valence-corrected chi connectivity index (χ4v) is 4.10. The molecule has 1 fully saturated rings. The highest BCUT2D eigenvalue weighted by molar-refractivity contribution is 7.17. The highest BCUT2D eigenvalue weighted by atomic mass is 32.1. The van der Waals surface area contributed by atoms with Gasteiger partial charge in [0.1, 0.15) is 16.5 Å². The second-order valence-corrected chi connectivity index (χ2v) is 6.98. The lowest BCUT2D eigenvalue weighted by atomic mass is 9.86. The summed E-state index contributed by atoms with van der Waals surface area (Å²) in [5.41, 5.74) is 1.17. The Labute approximate surface area is 123 Å². The normalized spacial score (nSPS) is 26.3. The lowest BCUT2D eigenvalue weighted by Crippen LogP contribution is -2.36. The van der Waals surface area contributed by atoms with Crippen LogP contribution in [0, 0.1) is 19.3 Å². The number of aliphatic hydroxyl groups excluding tert-OH is 1. The molecule has 0 spiro atoms. The van der Waals surface area contributed by atoms with Crippen LogP contribution in [0.3, 0.4) is 0 Å². The van der Waals surface area contributed by atoms with Gasteiger partial charge in [-0.3, -0.25) is 0 Å². The van der Waals surface area contributed by atoms with Gasteiger partial charge in [-0.15, -0.1) is 11.3 Å². The summed E-state index contributed by atoms with van der Waals surface area (Å²) < 4.78 is 0. The maximum absolute atomic E-state index is 9.69. The van der Waals surface area contributed by atoms with Gasteiger partial charge in [-0.05, 0) is 37.6 Å². The van der Waals surface area contributed by atoms with E-state index in [1.54, 1.807) is 11.3 Å². The molecule has 2 atom stereocenters. The molecule has 4 nitrogen and oxygen atoms in total. The van der Waals surface area contributed by atoms with Crippen LogP contribution < -0.4 is 5.32 Å². The van der Waals surface area contributed by atoms with Gasteiger partial charge in [-0.25, -0.2) is 9.97 Å². The molecule has 2 unspecified atom stereocenters. The Morgan fingerprint density at radius 1 is 1.45 bits per heavy atom. The summed E-state index contributed by atoms with van der Waals surface area (Å²) in [7, 11) is 0. The Morgan fingerprint density at radius 2 is 2.25 bits per heavy atom. The van der Waals surface area contributed by atoms with Gasteiger partial charge < -0.3 is 10.4 Å². The van der Waals surface area contributed by atoms with Gasteiger partial charge in [0.05, 0.1) is 12.0 Å². The molecule has 0 radical (unpaired) electrons. The second-order valence-electron chi connectivity index (χ2n) is 6.12. The molecule has 1 aliphatic rings. The molecular weight excluding hydrogens is 270 g/mol. The molecule has 108 valence electrons. The Kier molecular flexibility index (Phi) is 3.42. The summed E-state index contributed by atoms with van der Waals surface area (Å²) in [5.74, 6) is 1.73. The number of thiophene rings is 1. The third kappa shape index (κ3) is 2.19. The first kappa shape index (κ1) is 13.8. The van der Waals surface area contributed by atoms with E-state index in [9.17, 15) is 5.11 Å². The number of aromatic nitrogens is 2. The fraction of sp³-hybridized carbons (Fsp3) is 0.600. The van der Waals surface area contributed by atoms with Crippen LogP contribution in [0.15, 0.2) is 5.38 Å². The molecule has 0 amide bonds. The molecule has 1 aliphatic carbocycles. The number of nitrogens with one attached hydrogen (secondary N) is 1. The number of aliphatic hydroxyl groups is 1. The molecular formula is C15H21N3OS. The number of nitrogens with zero attached hydrogens (tertiary/aromatic N) is 2. The van der Waals surface area contributed by atoms with Crippen LogP contribution in [0.25, 0.3) is 10.2 Å². The molecule has 2 N–H and O–H groups in total. The number of rotatable bonds is 3. The van der Waals surface area contributed by atoms with Crippen molar-refractivity contribution >= 4 is 27.4 Å². The zero-order valence-electron chi connectivity index (χ0n) is 12.2. The van der Waals surface area contributed by atoms with Crippen LogP contribution in [-0.2, 0) is 0 Å². The van der Waals surface area contributed by atoms with Crippen LogP contribution in [0.2, 0.25) is 0 Å². The second kappa shape index (κ2) is 4.97. The highest BCUT2D eigenvalue weighted by Gasteiger charge is 2.38. The lowest BCUT2D eigenvalue weighted by molar-refractivity contribution is 0.139. The summed E-state index contributed by atoms with van der Waals surface area (Å²) in [6.45, 7) is 6.41. The molecule has 2 heterocycles. The summed E-state index contributed by atoms with van der Waals surface area (Å²) in [6.07, 6.45) is 3.31. The van der Waals surface area contributed by atoms with Crippen LogP contribution in [-0.4, -0.2) is 27.7 Å². The quantitative estimate of drug-likeness (QED) is 0.911. The minimum atomic E-state index is -0.0465. The predicted octanol–water partition coefficient (Wildman–Crippen LogP) is 3.27. The van der Waals surface area contributed by atoms with Crippen LogP contribution in [0.5, 0.6) is 0 Å². The Bertz CT molecular complexity index is 639. The van der Waals surface area contributed by atoms with Crippen molar-refractivity contribution < 1.29 is 5.11 Å². The molecule has 0 aromatic carbocycles. The highest BCUT2D eigenvalue weighted by Crippen LogP contribution is 2.40. The number of hydrogen-bond acceptors (Lipinski definition) is 5. The number of anilines is 1. The monoisotopic (exact) mass is 291 g/mol. The van der Waals surface area contributed by atoms with Crippen molar-refractivity contribution in [1.29, 1.82) is 0 Å². The van der Waals surface area contributed by atoms with E-state index in [2.05, 4.69) is 34.5 Å². The van der Waals surface area contributed by atoms with E-state index >= 15 is 0 Å². The van der Waals surface area contributed by atoms with Gasteiger partial charge in [0.2, 0.25) is 0 Å². The standard InChI is InChI=1S/C15H21N3OS/c1-9-7-20-14-12(9)13(16-10(2)17-14)18-11-5-4-6-15(11,3)8-19/h7,11,19H,4-6,8H2,1-3H3,(H,16,17,18). The summed E-state index contributed by atoms with van der Waals surface area (Å²) >= 11 is 1.67. The van der Waals surface area contributed by atoms with E-state index in [4.69, 9.17) is 0 Å². The van der Waals surface area contributed by atoms with Crippen molar-refractivity contribution in [3.63, 3.8) is 0 Å². The van der Waals surface area contributed by atoms with Gasteiger partial charge >= 0.3 is 0 Å². The SMILES string of the molecule is Cc1nc(NC2CCCC2(C)CO)c2c(C)csc2n1. The first-order valence-electron chi connectivity index (χ1n) is 7.13. The van der Waals surface area contributed by atoms with Crippen LogP contribution in [0.4, 0.5) is 5.82 Å². The van der Waals surface area contributed by atoms with E-state index < -0.39 is 0 Å². The van der Waals surface area contributed by atoms with Crippen molar-refractivity contribution in [2.24, 2.45) is 5.41 Å². The molecule has 0 saturated heterocycles. The molecule has 0 bridgehead atoms. The summed E-state index contributed by atoms with van der Waals surface area (Å²) in [4.78, 5) is 10.1. The molecule has 0 aliphatic heterocycles.